The minimum absolute atomic E-state index is 0.151. The highest BCUT2D eigenvalue weighted by Gasteiger charge is 2.33. The highest BCUT2D eigenvalue weighted by molar-refractivity contribution is 7.53. The molecule has 1 unspecified atom stereocenters. The number of fused-ring (bicyclic) bond motifs is 1. The molecule has 3 atom stereocenters. The van der Waals surface area contributed by atoms with Crippen LogP contribution >= 0.6 is 7.60 Å². The highest BCUT2D eigenvalue weighted by Crippen LogP contribution is 2.43. The molecule has 2 aromatic heterocycles. The zero-order chi connectivity index (χ0) is 19.7. The van der Waals surface area contributed by atoms with Crippen LogP contribution in [0.5, 0.6) is 5.75 Å². The Hall–Kier alpha value is -2.85. The van der Waals surface area contributed by atoms with Gasteiger partial charge >= 0.3 is 7.60 Å². The largest absolute Gasteiger partial charge is 0.423 e. The van der Waals surface area contributed by atoms with Gasteiger partial charge in [-0.05, 0) is 12.1 Å². The molecule has 1 aromatic carbocycles. The molecule has 10 nitrogen and oxygen atoms in total. The smallest absolute Gasteiger partial charge is 0.402 e. The summed E-state index contributed by atoms with van der Waals surface area (Å²) >= 11 is 0. The molecule has 1 aliphatic heterocycles. The van der Waals surface area contributed by atoms with Crippen LogP contribution in [0.15, 0.2) is 54.9 Å². The van der Waals surface area contributed by atoms with Gasteiger partial charge in [0.15, 0.2) is 36.2 Å². The lowest BCUT2D eigenvalue weighted by atomic mass is 10.3. The van der Waals surface area contributed by atoms with E-state index in [9.17, 15) is 13.8 Å². The molecule has 0 aliphatic carbocycles. The third-order valence-electron chi connectivity index (χ3n) is 3.83. The van der Waals surface area contributed by atoms with E-state index >= 15 is 0 Å². The van der Waals surface area contributed by atoms with E-state index in [4.69, 9.17) is 19.7 Å². The van der Waals surface area contributed by atoms with Crippen LogP contribution in [0.2, 0.25) is 0 Å². The van der Waals surface area contributed by atoms with Crippen LogP contribution in [0, 0.1) is 0 Å². The van der Waals surface area contributed by atoms with Crippen LogP contribution in [0.4, 0.5) is 10.2 Å². The van der Waals surface area contributed by atoms with Crippen LogP contribution in [-0.2, 0) is 14.0 Å². The Morgan fingerprint density at radius 3 is 2.86 bits per heavy atom. The lowest BCUT2D eigenvalue weighted by molar-refractivity contribution is -0.130. The average Bonchev–Trinajstić information content (AvgIpc) is 3.25. The standard InChI is InChI=1S/C16H15FN5O5P/c17-11-6-12(25-9-28(23,24)27-10-4-2-1-3-5-10)26-16(11)22-8-21-13-14(18)19-7-20-15(13)22/h1-8,12,16H,9H2,(H,23,24)(H2,18,19,20)/t12-,16+/m0/s1. The molecule has 0 radical (unpaired) electrons. The van der Waals surface area contributed by atoms with Gasteiger partial charge in [-0.3, -0.25) is 4.57 Å². The van der Waals surface area contributed by atoms with Gasteiger partial charge in [0.2, 0.25) is 0 Å². The van der Waals surface area contributed by atoms with Crippen molar-refractivity contribution in [3.8, 4) is 5.75 Å². The number of nitrogens with two attached hydrogens (primary N) is 1. The number of imidazole rings is 1. The second-order valence-corrected chi connectivity index (χ2v) is 7.54. The van der Waals surface area contributed by atoms with Crippen LogP contribution < -0.4 is 10.3 Å². The average molecular weight is 407 g/mol. The van der Waals surface area contributed by atoms with Crippen molar-refractivity contribution in [3.63, 3.8) is 0 Å². The Morgan fingerprint density at radius 1 is 1.29 bits per heavy atom. The first-order valence-electron chi connectivity index (χ1n) is 8.07. The minimum atomic E-state index is -4.12. The molecule has 3 heterocycles. The summed E-state index contributed by atoms with van der Waals surface area (Å²) in [7, 11) is -4.12. The number of para-hydroxylation sites is 1. The Kier molecular flexibility index (Phi) is 4.82. The van der Waals surface area contributed by atoms with Crippen LogP contribution in [0.25, 0.3) is 11.2 Å². The summed E-state index contributed by atoms with van der Waals surface area (Å²) in [5.41, 5.74) is 6.30. The summed E-state index contributed by atoms with van der Waals surface area (Å²) < 4.78 is 43.5. The fraction of sp³-hybridized carbons (Fsp3) is 0.188. The van der Waals surface area contributed by atoms with Crippen molar-refractivity contribution < 1.29 is 27.8 Å². The normalized spacial score (nSPS) is 21.4. The topological polar surface area (TPSA) is 135 Å². The molecule has 3 N–H and O–H groups in total. The predicted octanol–water partition coefficient (Wildman–Crippen LogP) is 2.36. The maximum absolute atomic E-state index is 14.4. The molecular weight excluding hydrogens is 392 g/mol. The molecule has 146 valence electrons. The van der Waals surface area contributed by atoms with E-state index in [1.165, 1.54) is 29.4 Å². The van der Waals surface area contributed by atoms with Crippen molar-refractivity contribution in [2.75, 3.05) is 12.1 Å². The van der Waals surface area contributed by atoms with E-state index in [0.717, 1.165) is 6.08 Å². The lowest BCUT2D eigenvalue weighted by Gasteiger charge is -2.18. The van der Waals surface area contributed by atoms with Crippen molar-refractivity contribution in [2.24, 2.45) is 0 Å². The Bertz CT molecular complexity index is 1080. The van der Waals surface area contributed by atoms with Gasteiger partial charge < -0.3 is 24.6 Å². The van der Waals surface area contributed by atoms with E-state index in [2.05, 4.69) is 15.0 Å². The molecule has 12 heteroatoms. The van der Waals surface area contributed by atoms with E-state index in [-0.39, 0.29) is 17.2 Å². The SMILES string of the molecule is Nc1ncnc2c1ncn2[C@@H]1O[C@H](OCP(=O)(O)Oc2ccccc2)C=C1F. The zero-order valence-corrected chi connectivity index (χ0v) is 15.1. The molecule has 0 spiro atoms. The summed E-state index contributed by atoms with van der Waals surface area (Å²) in [6, 6.07) is 8.12. The van der Waals surface area contributed by atoms with Gasteiger partial charge in [0, 0.05) is 6.08 Å². The molecule has 0 bridgehead atoms. The van der Waals surface area contributed by atoms with Crippen molar-refractivity contribution in [1.82, 2.24) is 19.5 Å². The second kappa shape index (κ2) is 7.28. The zero-order valence-electron chi connectivity index (χ0n) is 14.3. The van der Waals surface area contributed by atoms with Gasteiger partial charge in [-0.15, -0.1) is 0 Å². The molecule has 1 aliphatic rings. The Morgan fingerprint density at radius 2 is 2.07 bits per heavy atom. The fourth-order valence-electron chi connectivity index (χ4n) is 2.61. The fourth-order valence-corrected chi connectivity index (χ4v) is 3.45. The minimum Gasteiger partial charge on any atom is -0.423 e. The number of nitrogen functional groups attached to an aromatic ring is 1. The lowest BCUT2D eigenvalue weighted by Crippen LogP contribution is -2.17. The summed E-state index contributed by atoms with van der Waals surface area (Å²) in [6.45, 7) is 0. The van der Waals surface area contributed by atoms with Crippen LogP contribution in [-0.4, -0.2) is 37.1 Å². The number of rotatable bonds is 6. The van der Waals surface area contributed by atoms with Gasteiger partial charge in [-0.2, -0.15) is 0 Å². The number of benzene rings is 1. The number of hydrogen-bond donors (Lipinski definition) is 2. The Balaban J connectivity index is 1.43. The molecule has 0 amide bonds. The number of hydrogen-bond acceptors (Lipinski definition) is 8. The van der Waals surface area contributed by atoms with Crippen molar-refractivity contribution in [1.29, 1.82) is 0 Å². The first-order chi connectivity index (χ1) is 13.4. The third kappa shape index (κ3) is 3.73. The number of anilines is 1. The molecule has 3 aromatic rings. The molecular formula is C16H15FN5O5P. The van der Waals surface area contributed by atoms with Crippen molar-refractivity contribution in [2.45, 2.75) is 12.5 Å². The maximum Gasteiger partial charge on any atom is 0.402 e. The number of nitrogens with zero attached hydrogens (tertiary/aromatic N) is 4. The first kappa shape index (κ1) is 18.5. The second-order valence-electron chi connectivity index (χ2n) is 5.83. The number of halogens is 1. The van der Waals surface area contributed by atoms with E-state index < -0.39 is 32.3 Å². The molecule has 0 saturated heterocycles. The van der Waals surface area contributed by atoms with Crippen molar-refractivity contribution in [3.05, 3.63) is 54.9 Å². The monoisotopic (exact) mass is 407 g/mol. The Labute approximate surface area is 157 Å². The molecule has 0 fully saturated rings. The third-order valence-corrected chi connectivity index (χ3v) is 4.80. The maximum atomic E-state index is 14.4. The van der Waals surface area contributed by atoms with Gasteiger partial charge in [0.1, 0.15) is 17.6 Å². The van der Waals surface area contributed by atoms with Gasteiger partial charge in [0.25, 0.3) is 0 Å². The van der Waals surface area contributed by atoms with Crippen molar-refractivity contribution >= 4 is 24.6 Å². The number of aromatic nitrogens is 4. The molecule has 28 heavy (non-hydrogen) atoms. The first-order valence-corrected chi connectivity index (χ1v) is 9.83. The van der Waals surface area contributed by atoms with Gasteiger partial charge in [0.05, 0.1) is 6.33 Å². The molecule has 0 saturated carbocycles. The summed E-state index contributed by atoms with van der Waals surface area (Å²) in [4.78, 5) is 21.8. The molecule has 4 rings (SSSR count). The van der Waals surface area contributed by atoms with E-state index in [1.807, 2.05) is 0 Å². The van der Waals surface area contributed by atoms with E-state index in [0.29, 0.717) is 5.52 Å². The van der Waals surface area contributed by atoms with E-state index in [1.54, 1.807) is 18.2 Å². The summed E-state index contributed by atoms with van der Waals surface area (Å²) in [5.74, 6) is -0.303. The predicted molar refractivity (Wildman–Crippen MR) is 95.7 cm³/mol. The quantitative estimate of drug-likeness (QED) is 0.590. The number of ether oxygens (including phenoxy) is 2. The summed E-state index contributed by atoms with van der Waals surface area (Å²) in [6.07, 6.45) is 0.500. The van der Waals surface area contributed by atoms with Gasteiger partial charge in [-0.1, -0.05) is 18.2 Å². The van der Waals surface area contributed by atoms with Gasteiger partial charge in [-0.25, -0.2) is 23.9 Å². The van der Waals surface area contributed by atoms with Crippen LogP contribution in [0.1, 0.15) is 6.23 Å². The summed E-state index contributed by atoms with van der Waals surface area (Å²) in [5, 5.41) is 0. The van der Waals surface area contributed by atoms with Crippen LogP contribution in [0.3, 0.4) is 0 Å². The highest BCUT2D eigenvalue weighted by atomic mass is 31.2.